The number of hydrogen-bond acceptors (Lipinski definition) is 4. The third kappa shape index (κ3) is 2.81. The van der Waals surface area contributed by atoms with Gasteiger partial charge in [0, 0.05) is 10.6 Å². The van der Waals surface area contributed by atoms with E-state index in [9.17, 15) is 5.11 Å². The molecule has 3 rings (SSSR count). The summed E-state index contributed by atoms with van der Waals surface area (Å²) in [5, 5.41) is 14.0. The monoisotopic (exact) mass is 286 g/mol. The summed E-state index contributed by atoms with van der Waals surface area (Å²) >= 11 is 5.93. The molecule has 5 heteroatoms. The van der Waals surface area contributed by atoms with Gasteiger partial charge in [-0.05, 0) is 29.8 Å². The molecule has 0 spiro atoms. The summed E-state index contributed by atoms with van der Waals surface area (Å²) in [5.74, 6) is 1.21. The molecule has 0 atom stereocenters. The van der Waals surface area contributed by atoms with Gasteiger partial charge in [0.25, 0.3) is 0 Å². The third-order valence-electron chi connectivity index (χ3n) is 2.82. The minimum Gasteiger partial charge on any atom is -0.508 e. The first-order valence-corrected chi connectivity index (χ1v) is 6.45. The quantitative estimate of drug-likeness (QED) is 0.798. The van der Waals surface area contributed by atoms with Gasteiger partial charge in [0.05, 0.1) is 6.42 Å². The van der Waals surface area contributed by atoms with Gasteiger partial charge in [-0.1, -0.05) is 41.0 Å². The first kappa shape index (κ1) is 12.7. The normalized spacial score (nSPS) is 10.7. The SMILES string of the molecule is Oc1cccc(Cc2nc(-c3cccc(Cl)c3)no2)c1. The molecule has 1 aromatic heterocycles. The summed E-state index contributed by atoms with van der Waals surface area (Å²) in [7, 11) is 0. The lowest BCUT2D eigenvalue weighted by Gasteiger charge is -1.97. The lowest BCUT2D eigenvalue weighted by molar-refractivity contribution is 0.385. The number of hydrogen-bond donors (Lipinski definition) is 1. The fourth-order valence-corrected chi connectivity index (χ4v) is 2.10. The Morgan fingerprint density at radius 3 is 2.75 bits per heavy atom. The molecule has 0 saturated heterocycles. The van der Waals surface area contributed by atoms with E-state index in [1.54, 1.807) is 30.3 Å². The van der Waals surface area contributed by atoms with Crippen LogP contribution in [0.5, 0.6) is 5.75 Å². The maximum atomic E-state index is 9.42. The maximum absolute atomic E-state index is 9.42. The van der Waals surface area contributed by atoms with Crippen molar-refractivity contribution in [2.45, 2.75) is 6.42 Å². The van der Waals surface area contributed by atoms with Gasteiger partial charge in [-0.25, -0.2) is 0 Å². The molecule has 0 fully saturated rings. The van der Waals surface area contributed by atoms with Crippen molar-refractivity contribution in [3.05, 3.63) is 65.0 Å². The summed E-state index contributed by atoms with van der Waals surface area (Å²) in [6.45, 7) is 0. The van der Waals surface area contributed by atoms with Crippen LogP contribution in [0.3, 0.4) is 0 Å². The third-order valence-corrected chi connectivity index (χ3v) is 3.05. The van der Waals surface area contributed by atoms with Crippen LogP contribution in [0.1, 0.15) is 11.5 Å². The smallest absolute Gasteiger partial charge is 0.231 e. The molecule has 0 aliphatic carbocycles. The van der Waals surface area contributed by atoms with Crippen molar-refractivity contribution in [2.24, 2.45) is 0 Å². The summed E-state index contributed by atoms with van der Waals surface area (Å²) in [4.78, 5) is 4.33. The van der Waals surface area contributed by atoms with Crippen LogP contribution in [0.15, 0.2) is 53.1 Å². The summed E-state index contributed by atoms with van der Waals surface area (Å²) in [6.07, 6.45) is 0.474. The van der Waals surface area contributed by atoms with Crippen molar-refractivity contribution in [3.63, 3.8) is 0 Å². The molecule has 4 nitrogen and oxygen atoms in total. The molecular weight excluding hydrogens is 276 g/mol. The zero-order chi connectivity index (χ0) is 13.9. The standard InChI is InChI=1S/C15H11ClN2O2/c16-12-5-2-4-11(9-12)15-17-14(20-18-15)8-10-3-1-6-13(19)7-10/h1-7,9,19H,8H2. The second-order valence-electron chi connectivity index (χ2n) is 4.37. The van der Waals surface area contributed by atoms with Crippen LogP contribution in [0, 0.1) is 0 Å². The summed E-state index contributed by atoms with van der Waals surface area (Å²) in [5.41, 5.74) is 1.72. The molecule has 100 valence electrons. The summed E-state index contributed by atoms with van der Waals surface area (Å²) in [6, 6.07) is 14.2. The summed E-state index contributed by atoms with van der Waals surface area (Å²) < 4.78 is 5.22. The van der Waals surface area contributed by atoms with Crippen LogP contribution in [0.4, 0.5) is 0 Å². The first-order valence-electron chi connectivity index (χ1n) is 6.07. The number of nitrogens with zero attached hydrogens (tertiary/aromatic N) is 2. The number of rotatable bonds is 3. The fourth-order valence-electron chi connectivity index (χ4n) is 1.91. The zero-order valence-electron chi connectivity index (χ0n) is 10.5. The molecule has 1 heterocycles. The van der Waals surface area contributed by atoms with Crippen molar-refractivity contribution in [1.29, 1.82) is 0 Å². The Morgan fingerprint density at radius 1 is 1.10 bits per heavy atom. The van der Waals surface area contributed by atoms with Gasteiger partial charge >= 0.3 is 0 Å². The average molecular weight is 287 g/mol. The van der Waals surface area contributed by atoms with Gasteiger partial charge < -0.3 is 9.63 Å². The second kappa shape index (κ2) is 5.35. The minimum absolute atomic E-state index is 0.220. The molecule has 3 aromatic rings. The van der Waals surface area contributed by atoms with Crippen molar-refractivity contribution < 1.29 is 9.63 Å². The highest BCUT2D eigenvalue weighted by molar-refractivity contribution is 6.30. The van der Waals surface area contributed by atoms with Crippen LogP contribution >= 0.6 is 11.6 Å². The molecular formula is C15H11ClN2O2. The Labute approximate surface area is 120 Å². The molecule has 20 heavy (non-hydrogen) atoms. The van der Waals surface area contributed by atoms with Crippen LogP contribution in [0.2, 0.25) is 5.02 Å². The van der Waals surface area contributed by atoms with E-state index in [1.807, 2.05) is 18.2 Å². The van der Waals surface area contributed by atoms with E-state index in [-0.39, 0.29) is 5.75 Å². The number of phenols is 1. The topological polar surface area (TPSA) is 59.2 Å². The van der Waals surface area contributed by atoms with Gasteiger partial charge in [0.2, 0.25) is 11.7 Å². The van der Waals surface area contributed by atoms with Crippen molar-refractivity contribution in [3.8, 4) is 17.1 Å². The highest BCUT2D eigenvalue weighted by atomic mass is 35.5. The van der Waals surface area contributed by atoms with Gasteiger partial charge in [-0.15, -0.1) is 0 Å². The number of halogens is 1. The Morgan fingerprint density at radius 2 is 1.95 bits per heavy atom. The van der Waals surface area contributed by atoms with Crippen molar-refractivity contribution in [2.75, 3.05) is 0 Å². The van der Waals surface area contributed by atoms with Gasteiger partial charge in [-0.3, -0.25) is 0 Å². The average Bonchev–Trinajstić information content (AvgIpc) is 2.87. The molecule has 0 saturated carbocycles. The zero-order valence-corrected chi connectivity index (χ0v) is 11.2. The van der Waals surface area contributed by atoms with E-state index in [4.69, 9.17) is 16.1 Å². The molecule has 0 aliphatic heterocycles. The molecule has 0 aliphatic rings. The fraction of sp³-hybridized carbons (Fsp3) is 0.0667. The number of aromatic nitrogens is 2. The van der Waals surface area contributed by atoms with Crippen LogP contribution in [-0.4, -0.2) is 15.2 Å². The van der Waals surface area contributed by atoms with E-state index >= 15 is 0 Å². The highest BCUT2D eigenvalue weighted by Gasteiger charge is 2.09. The molecule has 0 unspecified atom stereocenters. The van der Waals surface area contributed by atoms with E-state index in [0.717, 1.165) is 11.1 Å². The Balaban J connectivity index is 1.84. The largest absolute Gasteiger partial charge is 0.508 e. The van der Waals surface area contributed by atoms with E-state index in [1.165, 1.54) is 0 Å². The lowest BCUT2D eigenvalue weighted by atomic mass is 10.1. The Bertz CT molecular complexity index is 740. The second-order valence-corrected chi connectivity index (χ2v) is 4.81. The van der Waals surface area contributed by atoms with Gasteiger partial charge in [0.1, 0.15) is 5.75 Å². The number of benzene rings is 2. The van der Waals surface area contributed by atoms with Crippen LogP contribution in [-0.2, 0) is 6.42 Å². The molecule has 2 aromatic carbocycles. The van der Waals surface area contributed by atoms with E-state index in [0.29, 0.717) is 23.2 Å². The van der Waals surface area contributed by atoms with E-state index in [2.05, 4.69) is 10.1 Å². The Hall–Kier alpha value is -2.33. The lowest BCUT2D eigenvalue weighted by Crippen LogP contribution is -1.88. The number of aromatic hydroxyl groups is 1. The minimum atomic E-state index is 0.220. The maximum Gasteiger partial charge on any atom is 0.231 e. The first-order chi connectivity index (χ1) is 9.70. The molecule has 0 radical (unpaired) electrons. The van der Waals surface area contributed by atoms with Gasteiger partial charge in [-0.2, -0.15) is 4.98 Å². The van der Waals surface area contributed by atoms with Crippen molar-refractivity contribution >= 4 is 11.6 Å². The van der Waals surface area contributed by atoms with Crippen LogP contribution in [0.25, 0.3) is 11.4 Å². The molecule has 1 N–H and O–H groups in total. The van der Waals surface area contributed by atoms with Crippen molar-refractivity contribution in [1.82, 2.24) is 10.1 Å². The molecule has 0 bridgehead atoms. The Kier molecular flexibility index (Phi) is 3.39. The van der Waals surface area contributed by atoms with E-state index < -0.39 is 0 Å². The number of phenolic OH excluding ortho intramolecular Hbond substituents is 1. The van der Waals surface area contributed by atoms with Crippen LogP contribution < -0.4 is 0 Å². The predicted octanol–water partition coefficient (Wildman–Crippen LogP) is 3.69. The predicted molar refractivity (Wildman–Crippen MR) is 75.7 cm³/mol. The highest BCUT2D eigenvalue weighted by Crippen LogP contribution is 2.21. The van der Waals surface area contributed by atoms with Gasteiger partial charge in [0.15, 0.2) is 0 Å². The molecule has 0 amide bonds.